The minimum absolute atomic E-state index is 0.174. The maximum absolute atomic E-state index is 12.8. The summed E-state index contributed by atoms with van der Waals surface area (Å²) in [5, 5.41) is 11.5. The third-order valence-electron chi connectivity index (χ3n) is 4.54. The molecule has 0 aliphatic carbocycles. The highest BCUT2D eigenvalue weighted by molar-refractivity contribution is 9.10. The Hall–Kier alpha value is -2.34. The number of rotatable bonds is 7. The molecule has 11 heteroatoms. The van der Waals surface area contributed by atoms with E-state index in [-0.39, 0.29) is 42.7 Å². The van der Waals surface area contributed by atoms with Gasteiger partial charge in [0.15, 0.2) is 11.9 Å². The Morgan fingerprint density at radius 2 is 1.83 bits per heavy atom. The third kappa shape index (κ3) is 4.86. The monoisotopic (exact) mass is 498 g/mol. The lowest BCUT2D eigenvalue weighted by Gasteiger charge is -2.26. The van der Waals surface area contributed by atoms with E-state index < -0.39 is 26.7 Å². The van der Waals surface area contributed by atoms with Gasteiger partial charge in [-0.15, -0.1) is 0 Å². The summed E-state index contributed by atoms with van der Waals surface area (Å²) in [6.45, 7) is 2.35. The van der Waals surface area contributed by atoms with Gasteiger partial charge in [-0.2, -0.15) is 4.31 Å². The lowest BCUT2D eigenvalue weighted by Crippen LogP contribution is -2.40. The van der Waals surface area contributed by atoms with Crippen LogP contribution in [0.25, 0.3) is 0 Å². The largest absolute Gasteiger partial charge is 0.475 e. The second kappa shape index (κ2) is 9.21. The van der Waals surface area contributed by atoms with Gasteiger partial charge in [-0.25, -0.2) is 8.42 Å². The molecule has 9 nitrogen and oxygen atoms in total. The van der Waals surface area contributed by atoms with Gasteiger partial charge in [0.25, 0.3) is 0 Å². The van der Waals surface area contributed by atoms with Crippen molar-refractivity contribution in [1.29, 1.82) is 0 Å². The fourth-order valence-electron chi connectivity index (χ4n) is 2.93. The number of nitro groups is 1. The van der Waals surface area contributed by atoms with Crippen LogP contribution in [-0.4, -0.2) is 55.8 Å². The highest BCUT2D eigenvalue weighted by atomic mass is 79.9. The highest BCUT2D eigenvalue weighted by Gasteiger charge is 2.30. The molecule has 1 atom stereocenters. The summed E-state index contributed by atoms with van der Waals surface area (Å²) in [6.07, 6.45) is -1.01. The molecule has 3 rings (SSSR count). The van der Waals surface area contributed by atoms with Crippen molar-refractivity contribution in [2.75, 3.05) is 26.3 Å². The van der Waals surface area contributed by atoms with E-state index in [0.717, 1.165) is 10.5 Å². The zero-order valence-corrected chi connectivity index (χ0v) is 18.4. The van der Waals surface area contributed by atoms with E-state index in [1.807, 2.05) is 0 Å². The Morgan fingerprint density at radius 3 is 2.43 bits per heavy atom. The molecule has 2 aromatic rings. The first-order valence-corrected chi connectivity index (χ1v) is 11.3. The first-order chi connectivity index (χ1) is 14.2. The Labute approximate surface area is 181 Å². The predicted octanol–water partition coefficient (Wildman–Crippen LogP) is 3.03. The fourth-order valence-corrected chi connectivity index (χ4v) is 4.62. The van der Waals surface area contributed by atoms with Crippen LogP contribution in [0.2, 0.25) is 0 Å². The van der Waals surface area contributed by atoms with Crippen LogP contribution in [0.4, 0.5) is 5.69 Å². The number of sulfonamides is 1. The van der Waals surface area contributed by atoms with E-state index in [9.17, 15) is 23.3 Å². The zero-order valence-electron chi connectivity index (χ0n) is 16.0. The number of hydrogen-bond acceptors (Lipinski definition) is 7. The number of carbonyl (C=O) groups excluding carboxylic acids is 1. The number of carbonyl (C=O) groups is 1. The standard InChI is InChI=1S/C19H19BrN2O7S/c1-13(19(23)14-2-4-15(20)5-3-14)29-18-7-6-16(12-17(18)22(24)25)30(26,27)21-8-10-28-11-9-21/h2-7,12-13H,8-11H2,1H3. The van der Waals surface area contributed by atoms with Crippen molar-refractivity contribution in [3.63, 3.8) is 0 Å². The van der Waals surface area contributed by atoms with Gasteiger partial charge in [-0.3, -0.25) is 14.9 Å². The molecule has 1 unspecified atom stereocenters. The zero-order chi connectivity index (χ0) is 21.9. The summed E-state index contributed by atoms with van der Waals surface area (Å²) in [6, 6.07) is 10.0. The minimum Gasteiger partial charge on any atom is -0.475 e. The van der Waals surface area contributed by atoms with Gasteiger partial charge >= 0.3 is 5.69 Å². The quantitative estimate of drug-likeness (QED) is 0.327. The molecule has 1 aliphatic rings. The van der Waals surface area contributed by atoms with Crippen molar-refractivity contribution >= 4 is 37.4 Å². The number of halogens is 1. The van der Waals surface area contributed by atoms with Crippen molar-refractivity contribution in [3.8, 4) is 5.75 Å². The van der Waals surface area contributed by atoms with Gasteiger partial charge in [-0.05, 0) is 31.2 Å². The Kier molecular flexibility index (Phi) is 6.86. The predicted molar refractivity (Wildman–Crippen MR) is 111 cm³/mol. The Balaban J connectivity index is 1.85. The summed E-state index contributed by atoms with van der Waals surface area (Å²) < 4.78 is 38.2. The van der Waals surface area contributed by atoms with Gasteiger partial charge in [0.1, 0.15) is 0 Å². The summed E-state index contributed by atoms with van der Waals surface area (Å²) in [5.74, 6) is -0.541. The van der Waals surface area contributed by atoms with Gasteiger partial charge < -0.3 is 9.47 Å². The van der Waals surface area contributed by atoms with Crippen molar-refractivity contribution in [2.24, 2.45) is 0 Å². The van der Waals surface area contributed by atoms with Crippen molar-refractivity contribution < 1.29 is 27.6 Å². The molecule has 160 valence electrons. The molecular weight excluding hydrogens is 480 g/mol. The van der Waals surface area contributed by atoms with Gasteiger partial charge in [0.05, 0.1) is 23.0 Å². The normalized spacial score (nSPS) is 16.1. The second-order valence-corrected chi connectivity index (χ2v) is 9.39. The molecule has 30 heavy (non-hydrogen) atoms. The number of hydrogen-bond donors (Lipinski definition) is 0. The lowest BCUT2D eigenvalue weighted by atomic mass is 10.1. The summed E-state index contributed by atoms with van der Waals surface area (Å²) >= 11 is 3.29. The van der Waals surface area contributed by atoms with Crippen molar-refractivity contribution in [2.45, 2.75) is 17.9 Å². The number of Topliss-reactive ketones (excluding diaryl/α,β-unsaturated/α-hetero) is 1. The highest BCUT2D eigenvalue weighted by Crippen LogP contribution is 2.32. The Bertz CT molecular complexity index is 1050. The molecular formula is C19H19BrN2O7S. The molecule has 1 saturated heterocycles. The fraction of sp³-hybridized carbons (Fsp3) is 0.316. The average molecular weight is 499 g/mol. The van der Waals surface area contributed by atoms with E-state index >= 15 is 0 Å². The number of morpholine rings is 1. The molecule has 0 bridgehead atoms. The number of nitrogens with zero attached hydrogens (tertiary/aromatic N) is 2. The molecule has 0 N–H and O–H groups in total. The van der Waals surface area contributed by atoms with E-state index in [2.05, 4.69) is 15.9 Å². The summed E-state index contributed by atoms with van der Waals surface area (Å²) in [7, 11) is -3.90. The van der Waals surface area contributed by atoms with Crippen LogP contribution < -0.4 is 4.74 Å². The molecule has 2 aromatic carbocycles. The second-order valence-electron chi connectivity index (χ2n) is 6.53. The number of ketones is 1. The Morgan fingerprint density at radius 1 is 1.20 bits per heavy atom. The van der Waals surface area contributed by atoms with E-state index in [4.69, 9.17) is 9.47 Å². The third-order valence-corrected chi connectivity index (χ3v) is 6.96. The van der Waals surface area contributed by atoms with Gasteiger partial charge in [-0.1, -0.05) is 28.1 Å². The SMILES string of the molecule is CC(Oc1ccc(S(=O)(=O)N2CCOCC2)cc1[N+](=O)[O-])C(=O)c1ccc(Br)cc1. The van der Waals surface area contributed by atoms with E-state index in [1.165, 1.54) is 23.4 Å². The number of benzene rings is 2. The topological polar surface area (TPSA) is 116 Å². The first-order valence-electron chi connectivity index (χ1n) is 9.03. The maximum atomic E-state index is 12.8. The van der Waals surface area contributed by atoms with Crippen LogP contribution in [-0.2, 0) is 14.8 Å². The van der Waals surface area contributed by atoms with Crippen LogP contribution in [0.1, 0.15) is 17.3 Å². The molecule has 0 radical (unpaired) electrons. The smallest absolute Gasteiger partial charge is 0.312 e. The number of ether oxygens (including phenoxy) is 2. The van der Waals surface area contributed by atoms with Crippen LogP contribution in [0.15, 0.2) is 51.8 Å². The van der Waals surface area contributed by atoms with Crippen molar-refractivity contribution in [1.82, 2.24) is 4.31 Å². The molecule has 0 amide bonds. The van der Waals surface area contributed by atoms with Crippen LogP contribution in [0.3, 0.4) is 0 Å². The molecule has 1 aliphatic heterocycles. The van der Waals surface area contributed by atoms with E-state index in [1.54, 1.807) is 24.3 Å². The summed E-state index contributed by atoms with van der Waals surface area (Å²) in [5.41, 5.74) is -0.139. The van der Waals surface area contributed by atoms with Crippen molar-refractivity contribution in [3.05, 3.63) is 62.6 Å². The van der Waals surface area contributed by atoms with Crippen LogP contribution in [0, 0.1) is 10.1 Å². The molecule has 1 heterocycles. The summed E-state index contributed by atoms with van der Waals surface area (Å²) in [4.78, 5) is 23.1. The van der Waals surface area contributed by atoms with Gasteiger partial charge in [0, 0.05) is 29.2 Å². The molecule has 0 spiro atoms. The van der Waals surface area contributed by atoms with Crippen LogP contribution in [0.5, 0.6) is 5.75 Å². The average Bonchev–Trinajstić information content (AvgIpc) is 2.74. The maximum Gasteiger partial charge on any atom is 0.312 e. The van der Waals surface area contributed by atoms with Crippen LogP contribution >= 0.6 is 15.9 Å². The van der Waals surface area contributed by atoms with E-state index in [0.29, 0.717) is 5.56 Å². The number of nitro benzene ring substituents is 1. The molecule has 0 saturated carbocycles. The first kappa shape index (κ1) is 22.3. The minimum atomic E-state index is -3.90. The molecule has 1 fully saturated rings. The molecule has 0 aromatic heterocycles. The van der Waals surface area contributed by atoms with Gasteiger partial charge in [0.2, 0.25) is 15.8 Å². The lowest BCUT2D eigenvalue weighted by molar-refractivity contribution is -0.386.